The standard InChI is InChI=1S/C21H19N3OS2/c25-21-18-7-2-1-6-17(18)20(19-8-4-12-27-19)22-24(21)14-23(15-9-10-15)13-16-5-3-11-26-16/h1-8,11-12,15H,9-10,13-14H2. The maximum Gasteiger partial charge on any atom is 0.275 e. The topological polar surface area (TPSA) is 38.1 Å². The molecule has 3 aromatic heterocycles. The van der Waals surface area contributed by atoms with Gasteiger partial charge in [-0.2, -0.15) is 5.10 Å². The van der Waals surface area contributed by atoms with Gasteiger partial charge in [0.25, 0.3) is 5.56 Å². The maximum absolute atomic E-state index is 13.1. The van der Waals surface area contributed by atoms with Crippen LogP contribution in [0.4, 0.5) is 0 Å². The molecule has 1 aromatic carbocycles. The highest BCUT2D eigenvalue weighted by molar-refractivity contribution is 7.13. The van der Waals surface area contributed by atoms with Gasteiger partial charge < -0.3 is 0 Å². The van der Waals surface area contributed by atoms with Crippen molar-refractivity contribution in [1.82, 2.24) is 14.7 Å². The summed E-state index contributed by atoms with van der Waals surface area (Å²) >= 11 is 3.42. The fourth-order valence-electron chi connectivity index (χ4n) is 3.44. The number of nitrogens with zero attached hydrogens (tertiary/aromatic N) is 3. The molecule has 0 bridgehead atoms. The van der Waals surface area contributed by atoms with E-state index < -0.39 is 0 Å². The van der Waals surface area contributed by atoms with E-state index in [1.165, 1.54) is 17.7 Å². The maximum atomic E-state index is 13.1. The lowest BCUT2D eigenvalue weighted by Gasteiger charge is -2.22. The van der Waals surface area contributed by atoms with E-state index in [1.807, 2.05) is 30.3 Å². The molecular weight excluding hydrogens is 374 g/mol. The van der Waals surface area contributed by atoms with Gasteiger partial charge in [-0.3, -0.25) is 9.69 Å². The molecule has 3 heterocycles. The highest BCUT2D eigenvalue weighted by Crippen LogP contribution is 2.31. The molecule has 1 aliphatic carbocycles. The lowest BCUT2D eigenvalue weighted by Crippen LogP contribution is -2.35. The van der Waals surface area contributed by atoms with Crippen molar-refractivity contribution >= 4 is 33.4 Å². The summed E-state index contributed by atoms with van der Waals surface area (Å²) < 4.78 is 1.66. The number of benzene rings is 1. The zero-order valence-electron chi connectivity index (χ0n) is 14.7. The second-order valence-electron chi connectivity index (χ2n) is 6.88. The molecule has 4 nitrogen and oxygen atoms in total. The predicted molar refractivity (Wildman–Crippen MR) is 112 cm³/mol. The zero-order valence-corrected chi connectivity index (χ0v) is 16.4. The summed E-state index contributed by atoms with van der Waals surface area (Å²) in [6.07, 6.45) is 2.40. The Morgan fingerprint density at radius 3 is 2.48 bits per heavy atom. The molecular formula is C21H19N3OS2. The van der Waals surface area contributed by atoms with Crippen LogP contribution in [0.15, 0.2) is 64.1 Å². The van der Waals surface area contributed by atoms with Gasteiger partial charge in [-0.1, -0.05) is 30.3 Å². The van der Waals surface area contributed by atoms with Crippen molar-refractivity contribution in [3.63, 3.8) is 0 Å². The van der Waals surface area contributed by atoms with Gasteiger partial charge in [0.2, 0.25) is 0 Å². The first-order valence-electron chi connectivity index (χ1n) is 9.10. The van der Waals surface area contributed by atoms with Crippen molar-refractivity contribution in [2.45, 2.75) is 32.1 Å². The number of aromatic nitrogens is 2. The molecule has 0 unspecified atom stereocenters. The molecule has 0 N–H and O–H groups in total. The Morgan fingerprint density at radius 1 is 1.00 bits per heavy atom. The molecule has 6 heteroatoms. The summed E-state index contributed by atoms with van der Waals surface area (Å²) in [4.78, 5) is 17.9. The first-order valence-corrected chi connectivity index (χ1v) is 10.9. The van der Waals surface area contributed by atoms with E-state index in [1.54, 1.807) is 27.4 Å². The van der Waals surface area contributed by atoms with Crippen molar-refractivity contribution in [2.24, 2.45) is 0 Å². The molecule has 4 aromatic rings. The van der Waals surface area contributed by atoms with Crippen molar-refractivity contribution in [3.05, 3.63) is 74.5 Å². The summed E-state index contributed by atoms with van der Waals surface area (Å²) in [5, 5.41) is 10.6. The number of hydrogen-bond donors (Lipinski definition) is 0. The molecule has 5 rings (SSSR count). The van der Waals surface area contributed by atoms with Gasteiger partial charge >= 0.3 is 0 Å². The number of rotatable bonds is 6. The third-order valence-corrected chi connectivity index (χ3v) is 6.68. The van der Waals surface area contributed by atoms with Crippen LogP contribution in [0.2, 0.25) is 0 Å². The van der Waals surface area contributed by atoms with Crippen LogP contribution in [0.25, 0.3) is 21.3 Å². The van der Waals surface area contributed by atoms with E-state index in [4.69, 9.17) is 5.10 Å². The fraction of sp³-hybridized carbons (Fsp3) is 0.238. The van der Waals surface area contributed by atoms with Crippen LogP contribution in [0.3, 0.4) is 0 Å². The van der Waals surface area contributed by atoms with Gasteiger partial charge in [0.05, 0.1) is 16.9 Å². The average molecular weight is 394 g/mol. The minimum absolute atomic E-state index is 0.0114. The van der Waals surface area contributed by atoms with Crippen LogP contribution < -0.4 is 5.56 Å². The number of hydrogen-bond acceptors (Lipinski definition) is 5. The predicted octanol–water partition coefficient (Wildman–Crippen LogP) is 4.81. The lowest BCUT2D eigenvalue weighted by molar-refractivity contribution is 0.186. The smallest absolute Gasteiger partial charge is 0.275 e. The molecule has 1 aliphatic rings. The molecule has 1 fully saturated rings. The summed E-state index contributed by atoms with van der Waals surface area (Å²) in [5.41, 5.74) is 0.884. The van der Waals surface area contributed by atoms with Crippen LogP contribution in [0, 0.1) is 0 Å². The van der Waals surface area contributed by atoms with Crippen LogP contribution >= 0.6 is 22.7 Å². The molecule has 1 saturated carbocycles. The van der Waals surface area contributed by atoms with Gasteiger partial charge in [0.1, 0.15) is 5.69 Å². The first-order chi connectivity index (χ1) is 13.3. The second-order valence-corrected chi connectivity index (χ2v) is 8.85. The van der Waals surface area contributed by atoms with E-state index in [0.29, 0.717) is 12.7 Å². The Bertz CT molecular complexity index is 1110. The minimum Gasteiger partial charge on any atom is -0.276 e. The highest BCUT2D eigenvalue weighted by atomic mass is 32.1. The molecule has 136 valence electrons. The molecule has 0 spiro atoms. The molecule has 0 amide bonds. The van der Waals surface area contributed by atoms with E-state index in [9.17, 15) is 4.79 Å². The lowest BCUT2D eigenvalue weighted by atomic mass is 10.1. The quantitative estimate of drug-likeness (QED) is 0.472. The van der Waals surface area contributed by atoms with Gasteiger partial charge in [-0.15, -0.1) is 22.7 Å². The summed E-state index contributed by atoms with van der Waals surface area (Å²) in [7, 11) is 0. The van der Waals surface area contributed by atoms with E-state index in [0.717, 1.165) is 27.9 Å². The number of fused-ring (bicyclic) bond motifs is 1. The van der Waals surface area contributed by atoms with Crippen molar-refractivity contribution in [3.8, 4) is 10.6 Å². The van der Waals surface area contributed by atoms with Crippen molar-refractivity contribution in [1.29, 1.82) is 0 Å². The molecule has 0 atom stereocenters. The van der Waals surface area contributed by atoms with Crippen LogP contribution in [-0.2, 0) is 13.2 Å². The Morgan fingerprint density at radius 2 is 1.78 bits per heavy atom. The summed E-state index contributed by atoms with van der Waals surface area (Å²) in [6, 6.07) is 16.7. The molecule has 0 saturated heterocycles. The fourth-order valence-corrected chi connectivity index (χ4v) is 4.89. The van der Waals surface area contributed by atoms with Crippen molar-refractivity contribution in [2.75, 3.05) is 0 Å². The van der Waals surface area contributed by atoms with E-state index >= 15 is 0 Å². The second kappa shape index (κ2) is 7.03. The Labute approximate surface area is 165 Å². The molecule has 27 heavy (non-hydrogen) atoms. The summed E-state index contributed by atoms with van der Waals surface area (Å²) in [6.45, 7) is 1.40. The first kappa shape index (κ1) is 16.9. The van der Waals surface area contributed by atoms with Crippen LogP contribution in [0.1, 0.15) is 17.7 Å². The van der Waals surface area contributed by atoms with Gasteiger partial charge in [-0.25, -0.2) is 4.68 Å². The monoisotopic (exact) mass is 393 g/mol. The van der Waals surface area contributed by atoms with Gasteiger partial charge in [0, 0.05) is 22.8 Å². The highest BCUT2D eigenvalue weighted by Gasteiger charge is 2.30. The number of thiophene rings is 2. The van der Waals surface area contributed by atoms with Crippen LogP contribution in [0.5, 0.6) is 0 Å². The van der Waals surface area contributed by atoms with Crippen molar-refractivity contribution < 1.29 is 0 Å². The van der Waals surface area contributed by atoms with E-state index in [2.05, 4.69) is 33.9 Å². The van der Waals surface area contributed by atoms with E-state index in [-0.39, 0.29) is 5.56 Å². The molecule has 0 radical (unpaired) electrons. The van der Waals surface area contributed by atoms with Gasteiger partial charge in [0.15, 0.2) is 0 Å². The minimum atomic E-state index is -0.0114. The Kier molecular flexibility index (Phi) is 4.39. The normalized spacial score (nSPS) is 14.3. The third kappa shape index (κ3) is 3.36. The Balaban J connectivity index is 1.58. The summed E-state index contributed by atoms with van der Waals surface area (Å²) in [5.74, 6) is 0. The molecule has 0 aliphatic heterocycles. The Hall–Kier alpha value is -2.28. The third-order valence-electron chi connectivity index (χ3n) is 4.94. The SMILES string of the molecule is O=c1c2ccccc2c(-c2cccs2)nn1CN(Cc1cccs1)C1CC1. The van der Waals surface area contributed by atoms with Crippen LogP contribution in [-0.4, -0.2) is 20.7 Å². The zero-order chi connectivity index (χ0) is 18.2. The van der Waals surface area contributed by atoms with Gasteiger partial charge in [-0.05, 0) is 41.8 Å². The largest absolute Gasteiger partial charge is 0.276 e. The average Bonchev–Trinajstić information content (AvgIpc) is 3.16.